The highest BCUT2D eigenvalue weighted by Gasteiger charge is 2.43. The fraction of sp³-hybridized carbons (Fsp3) is 0.552. The highest BCUT2D eigenvalue weighted by atomic mass is 19.4. The number of ether oxygens (including phenoxy) is 2. The highest BCUT2D eigenvalue weighted by molar-refractivity contribution is 5.74. The van der Waals surface area contributed by atoms with Crippen molar-refractivity contribution in [3.63, 3.8) is 0 Å². The molecule has 39 heavy (non-hydrogen) atoms. The Hall–Kier alpha value is -2.82. The van der Waals surface area contributed by atoms with E-state index in [9.17, 15) is 23.1 Å². The lowest BCUT2D eigenvalue weighted by Crippen LogP contribution is -2.53. The summed E-state index contributed by atoms with van der Waals surface area (Å²) in [6.45, 7) is 3.93. The van der Waals surface area contributed by atoms with Gasteiger partial charge in [0.1, 0.15) is 11.5 Å². The molecule has 3 atom stereocenters. The van der Waals surface area contributed by atoms with Gasteiger partial charge in [0, 0.05) is 50.9 Å². The number of hydrogen-bond donors (Lipinski definition) is 3. The van der Waals surface area contributed by atoms with Crippen molar-refractivity contribution in [3.8, 4) is 11.5 Å². The summed E-state index contributed by atoms with van der Waals surface area (Å²) in [6, 6.07) is 11.5. The number of piperidine rings is 1. The predicted octanol–water partition coefficient (Wildman–Crippen LogP) is 5.53. The first-order valence-electron chi connectivity index (χ1n) is 13.4. The third kappa shape index (κ3) is 8.09. The number of nitrogens with zero attached hydrogens (tertiary/aromatic N) is 1. The van der Waals surface area contributed by atoms with E-state index >= 15 is 0 Å². The molecule has 0 saturated carbocycles. The molecule has 0 aliphatic carbocycles. The fourth-order valence-corrected chi connectivity index (χ4v) is 5.23. The number of aliphatic hydroxyl groups is 1. The van der Waals surface area contributed by atoms with E-state index < -0.39 is 17.3 Å². The Balaban J connectivity index is 1.94. The maximum absolute atomic E-state index is 13.7. The van der Waals surface area contributed by atoms with Crippen LogP contribution in [-0.4, -0.2) is 62.5 Å². The average molecular weight is 552 g/mol. The summed E-state index contributed by atoms with van der Waals surface area (Å²) in [5, 5.41) is 18.4. The molecule has 10 heteroatoms. The van der Waals surface area contributed by atoms with Gasteiger partial charge in [0.2, 0.25) is 0 Å². The third-order valence-electron chi connectivity index (χ3n) is 7.19. The van der Waals surface area contributed by atoms with Crippen LogP contribution in [0.15, 0.2) is 48.5 Å². The van der Waals surface area contributed by atoms with E-state index in [2.05, 4.69) is 10.6 Å². The molecule has 3 N–H and O–H groups in total. The van der Waals surface area contributed by atoms with Crippen LogP contribution in [0.2, 0.25) is 0 Å². The SMILES string of the molecule is CNCC(C)NC(=O)N1CCCC(C(O)(CCCCOC)c2ccccc2Oc2ccccc2C(F)(F)F)C1. The summed E-state index contributed by atoms with van der Waals surface area (Å²) in [6.07, 6.45) is -1.57. The predicted molar refractivity (Wildman–Crippen MR) is 144 cm³/mol. The van der Waals surface area contributed by atoms with E-state index in [0.717, 1.165) is 6.07 Å². The van der Waals surface area contributed by atoms with E-state index in [4.69, 9.17) is 9.47 Å². The first-order chi connectivity index (χ1) is 18.6. The van der Waals surface area contributed by atoms with E-state index in [1.807, 2.05) is 14.0 Å². The van der Waals surface area contributed by atoms with Crippen LogP contribution in [-0.2, 0) is 16.5 Å². The van der Waals surface area contributed by atoms with Gasteiger partial charge in [-0.05, 0) is 64.3 Å². The van der Waals surface area contributed by atoms with Crippen LogP contribution in [0.5, 0.6) is 11.5 Å². The number of likely N-dealkylation sites (N-methyl/N-ethyl adjacent to an activating group) is 1. The van der Waals surface area contributed by atoms with Gasteiger partial charge in [-0.25, -0.2) is 4.79 Å². The molecule has 1 aliphatic heterocycles. The Labute approximate surface area is 228 Å². The molecule has 0 radical (unpaired) electrons. The van der Waals surface area contributed by atoms with Crippen LogP contribution >= 0.6 is 0 Å². The van der Waals surface area contributed by atoms with Gasteiger partial charge in [0.15, 0.2) is 0 Å². The van der Waals surface area contributed by atoms with Crippen LogP contribution < -0.4 is 15.4 Å². The largest absolute Gasteiger partial charge is 0.456 e. The lowest BCUT2D eigenvalue weighted by molar-refractivity contribution is -0.138. The van der Waals surface area contributed by atoms with Gasteiger partial charge >= 0.3 is 12.2 Å². The molecule has 2 amide bonds. The minimum absolute atomic E-state index is 0.0707. The van der Waals surface area contributed by atoms with Crippen LogP contribution in [0, 0.1) is 5.92 Å². The molecule has 0 bridgehead atoms. The summed E-state index contributed by atoms with van der Waals surface area (Å²) in [5.74, 6) is -0.517. The molecule has 1 saturated heterocycles. The van der Waals surface area contributed by atoms with Gasteiger partial charge < -0.3 is 30.1 Å². The zero-order valence-corrected chi connectivity index (χ0v) is 22.9. The maximum Gasteiger partial charge on any atom is 0.419 e. The van der Waals surface area contributed by atoms with Gasteiger partial charge in [-0.1, -0.05) is 30.3 Å². The number of likely N-dealkylation sites (tertiary alicyclic amines) is 1. The standard InChI is InChI=1S/C29H40F3N3O4/c1-21(19-33-2)34-27(36)35-17-10-11-22(20-35)28(37,16-8-9-18-38-3)23-12-4-6-14-25(23)39-26-15-7-5-13-24(26)29(30,31)32/h4-7,12-15,21-22,33,37H,8-11,16-20H2,1-3H3,(H,34,36). The van der Waals surface area contributed by atoms with Gasteiger partial charge in [0.05, 0.1) is 11.2 Å². The van der Waals surface area contributed by atoms with Crippen molar-refractivity contribution in [3.05, 3.63) is 59.7 Å². The number of carbonyl (C=O) groups is 1. The van der Waals surface area contributed by atoms with Crippen molar-refractivity contribution in [1.82, 2.24) is 15.5 Å². The van der Waals surface area contributed by atoms with E-state index in [-0.39, 0.29) is 29.5 Å². The van der Waals surface area contributed by atoms with Crippen LogP contribution in [0.4, 0.5) is 18.0 Å². The van der Waals surface area contributed by atoms with E-state index in [1.54, 1.807) is 36.3 Å². The topological polar surface area (TPSA) is 83.1 Å². The number of hydrogen-bond acceptors (Lipinski definition) is 5. The normalized spacial score (nSPS) is 18.3. The Morgan fingerprint density at radius 1 is 1.10 bits per heavy atom. The Kier molecular flexibility index (Phi) is 11.0. The number of halogens is 3. The van der Waals surface area contributed by atoms with Crippen LogP contribution in [0.1, 0.15) is 50.2 Å². The molecule has 7 nitrogen and oxygen atoms in total. The third-order valence-corrected chi connectivity index (χ3v) is 7.19. The zero-order chi connectivity index (χ0) is 28.5. The summed E-state index contributed by atoms with van der Waals surface area (Å²) < 4.78 is 52.1. The number of rotatable bonds is 12. The van der Waals surface area contributed by atoms with E-state index in [1.165, 1.54) is 18.2 Å². The minimum Gasteiger partial charge on any atom is -0.456 e. The molecule has 1 heterocycles. The number of nitrogens with one attached hydrogen (secondary N) is 2. The molecular formula is C29H40F3N3O4. The minimum atomic E-state index is -4.59. The fourth-order valence-electron chi connectivity index (χ4n) is 5.23. The average Bonchev–Trinajstić information content (AvgIpc) is 2.91. The lowest BCUT2D eigenvalue weighted by atomic mass is 9.73. The van der Waals surface area contributed by atoms with Crippen molar-refractivity contribution in [2.24, 2.45) is 5.92 Å². The first-order valence-corrected chi connectivity index (χ1v) is 13.4. The first kappa shape index (κ1) is 30.7. The summed E-state index contributed by atoms with van der Waals surface area (Å²) in [5.41, 5.74) is -1.91. The molecular weight excluding hydrogens is 511 g/mol. The number of benzene rings is 2. The zero-order valence-electron chi connectivity index (χ0n) is 22.9. The Bertz CT molecular complexity index is 1070. The van der Waals surface area contributed by atoms with Gasteiger partial charge in [-0.2, -0.15) is 13.2 Å². The monoisotopic (exact) mass is 551 g/mol. The smallest absolute Gasteiger partial charge is 0.419 e. The number of amides is 2. The van der Waals surface area contributed by atoms with E-state index in [0.29, 0.717) is 63.9 Å². The van der Waals surface area contributed by atoms with Crippen molar-refractivity contribution in [1.29, 1.82) is 0 Å². The number of unbranched alkanes of at least 4 members (excludes halogenated alkanes) is 1. The Morgan fingerprint density at radius 3 is 2.38 bits per heavy atom. The number of methoxy groups -OCH3 is 1. The molecule has 3 unspecified atom stereocenters. The molecule has 2 aromatic rings. The second-order valence-corrected chi connectivity index (χ2v) is 10.2. The summed E-state index contributed by atoms with van der Waals surface area (Å²) >= 11 is 0. The number of urea groups is 1. The molecule has 3 rings (SSSR count). The molecule has 1 fully saturated rings. The van der Waals surface area contributed by atoms with Gasteiger partial charge in [-0.15, -0.1) is 0 Å². The Morgan fingerprint density at radius 2 is 1.74 bits per heavy atom. The molecule has 0 spiro atoms. The van der Waals surface area contributed by atoms with Crippen molar-refractivity contribution < 1.29 is 32.5 Å². The van der Waals surface area contributed by atoms with Crippen LogP contribution in [0.3, 0.4) is 0 Å². The quantitative estimate of drug-likeness (QED) is 0.302. The molecule has 216 valence electrons. The van der Waals surface area contributed by atoms with Gasteiger partial charge in [-0.3, -0.25) is 0 Å². The second kappa shape index (κ2) is 14.0. The lowest BCUT2D eigenvalue weighted by Gasteiger charge is -2.43. The second-order valence-electron chi connectivity index (χ2n) is 10.2. The van der Waals surface area contributed by atoms with Gasteiger partial charge in [0.25, 0.3) is 0 Å². The maximum atomic E-state index is 13.7. The molecule has 2 aromatic carbocycles. The van der Waals surface area contributed by atoms with Crippen molar-refractivity contribution in [2.75, 3.05) is 40.4 Å². The highest BCUT2D eigenvalue weighted by Crippen LogP contribution is 2.45. The number of para-hydroxylation sites is 2. The molecule has 0 aromatic heterocycles. The summed E-state index contributed by atoms with van der Waals surface area (Å²) in [4.78, 5) is 14.7. The summed E-state index contributed by atoms with van der Waals surface area (Å²) in [7, 11) is 3.43. The molecule has 1 aliphatic rings. The van der Waals surface area contributed by atoms with Crippen molar-refractivity contribution in [2.45, 2.75) is 56.8 Å². The van der Waals surface area contributed by atoms with Crippen molar-refractivity contribution >= 4 is 6.03 Å². The number of carbonyl (C=O) groups excluding carboxylic acids is 1. The number of alkyl halides is 3. The van der Waals surface area contributed by atoms with Crippen LogP contribution in [0.25, 0.3) is 0 Å².